The first-order chi connectivity index (χ1) is 14.6. The number of nitrogens with zero attached hydrogens (tertiary/aromatic N) is 3. The van der Waals surface area contributed by atoms with Crippen LogP contribution in [0.2, 0.25) is 10.0 Å². The number of carbonyl (C=O) groups is 1. The first kappa shape index (κ1) is 23.4. The molecule has 1 heterocycles. The van der Waals surface area contributed by atoms with Crippen LogP contribution in [0.4, 0.5) is 15.2 Å². The lowest BCUT2D eigenvalue weighted by molar-refractivity contribution is -0.117. The van der Waals surface area contributed by atoms with Crippen molar-refractivity contribution in [2.45, 2.75) is 19.4 Å². The van der Waals surface area contributed by atoms with E-state index in [1.54, 1.807) is 31.2 Å². The minimum Gasteiger partial charge on any atom is -0.299 e. The van der Waals surface area contributed by atoms with Crippen molar-refractivity contribution in [1.82, 2.24) is 10.2 Å². The lowest BCUT2D eigenvalue weighted by atomic mass is 10.2. The summed E-state index contributed by atoms with van der Waals surface area (Å²) in [5.74, 6) is -1.30. The minimum absolute atomic E-state index is 0.0787. The molecule has 0 radical (unpaired) electrons. The van der Waals surface area contributed by atoms with Crippen LogP contribution in [0.25, 0.3) is 10.6 Å². The summed E-state index contributed by atoms with van der Waals surface area (Å²) >= 11 is 12.8. The molecule has 1 N–H and O–H groups in total. The molecule has 0 saturated carbocycles. The summed E-state index contributed by atoms with van der Waals surface area (Å²) in [6, 6.07) is 9.31. The molecule has 1 amide bonds. The molecule has 31 heavy (non-hydrogen) atoms. The fourth-order valence-electron chi connectivity index (χ4n) is 2.85. The summed E-state index contributed by atoms with van der Waals surface area (Å²) in [6.45, 7) is 1.66. The van der Waals surface area contributed by atoms with Crippen molar-refractivity contribution in [1.29, 1.82) is 0 Å². The maximum absolute atomic E-state index is 13.6. The summed E-state index contributed by atoms with van der Waals surface area (Å²) in [4.78, 5) is 12.9. The molecule has 1 aromatic heterocycles. The number of hydrogen-bond donors (Lipinski definition) is 1. The first-order valence-corrected chi connectivity index (χ1v) is 12.4. The summed E-state index contributed by atoms with van der Waals surface area (Å²) < 4.78 is 39.4. The summed E-state index contributed by atoms with van der Waals surface area (Å²) in [7, 11) is -3.89. The van der Waals surface area contributed by atoms with Gasteiger partial charge in [0.25, 0.3) is 0 Å². The zero-order valence-electron chi connectivity index (χ0n) is 16.3. The van der Waals surface area contributed by atoms with Crippen LogP contribution in [-0.2, 0) is 14.8 Å². The van der Waals surface area contributed by atoms with Gasteiger partial charge in [0.2, 0.25) is 21.1 Å². The summed E-state index contributed by atoms with van der Waals surface area (Å²) in [5, 5.41) is 11.7. The fourth-order valence-corrected chi connectivity index (χ4v) is 5.11. The van der Waals surface area contributed by atoms with Crippen LogP contribution in [0.5, 0.6) is 0 Å². The Hall–Kier alpha value is -2.27. The van der Waals surface area contributed by atoms with E-state index in [0.717, 1.165) is 39.6 Å². The Bertz CT molecular complexity index is 1200. The molecule has 0 fully saturated rings. The molecule has 0 bridgehead atoms. The predicted octanol–water partition coefficient (Wildman–Crippen LogP) is 4.83. The van der Waals surface area contributed by atoms with Crippen molar-refractivity contribution in [2.24, 2.45) is 0 Å². The van der Waals surface area contributed by atoms with Crippen molar-refractivity contribution in [3.05, 3.63) is 58.3 Å². The average Bonchev–Trinajstić information content (AvgIpc) is 3.16. The fraction of sp³-hybridized carbons (Fsp3) is 0.211. The molecule has 12 heteroatoms. The van der Waals surface area contributed by atoms with Crippen LogP contribution < -0.4 is 9.62 Å². The highest BCUT2D eigenvalue weighted by molar-refractivity contribution is 7.92. The van der Waals surface area contributed by atoms with Gasteiger partial charge >= 0.3 is 0 Å². The van der Waals surface area contributed by atoms with Crippen molar-refractivity contribution in [3.8, 4) is 10.6 Å². The van der Waals surface area contributed by atoms with Gasteiger partial charge < -0.3 is 0 Å². The Labute approximate surface area is 192 Å². The van der Waals surface area contributed by atoms with Gasteiger partial charge in [-0.15, -0.1) is 10.2 Å². The normalized spacial score (nSPS) is 12.4. The molecule has 3 aromatic rings. The SMILES string of the molecule is CCC(C(=O)Nc1nnc(-c2ccc(Cl)cc2)s1)N(c1ccc(F)c(Cl)c1)S(C)(=O)=O. The van der Waals surface area contributed by atoms with Crippen LogP contribution in [0.1, 0.15) is 13.3 Å². The monoisotopic (exact) mass is 502 g/mol. The lowest BCUT2D eigenvalue weighted by Gasteiger charge is -2.29. The summed E-state index contributed by atoms with van der Waals surface area (Å²) in [5.41, 5.74) is 0.850. The van der Waals surface area contributed by atoms with E-state index in [0.29, 0.717) is 10.0 Å². The number of halogens is 3. The molecular weight excluding hydrogens is 486 g/mol. The Morgan fingerprint density at radius 1 is 1.19 bits per heavy atom. The van der Waals surface area contributed by atoms with Gasteiger partial charge in [-0.1, -0.05) is 53.6 Å². The molecule has 2 aromatic carbocycles. The Morgan fingerprint density at radius 3 is 2.45 bits per heavy atom. The van der Waals surface area contributed by atoms with Gasteiger partial charge in [0, 0.05) is 10.6 Å². The number of carbonyl (C=O) groups excluding carboxylic acids is 1. The van der Waals surface area contributed by atoms with Gasteiger partial charge in [-0.3, -0.25) is 14.4 Å². The molecule has 0 aliphatic carbocycles. The first-order valence-electron chi connectivity index (χ1n) is 8.95. The van der Waals surface area contributed by atoms with E-state index in [1.807, 2.05) is 0 Å². The van der Waals surface area contributed by atoms with E-state index in [2.05, 4.69) is 15.5 Å². The van der Waals surface area contributed by atoms with Crippen LogP contribution in [0.15, 0.2) is 42.5 Å². The maximum Gasteiger partial charge on any atom is 0.250 e. The molecular formula is C19H17Cl2FN4O3S2. The second kappa shape index (κ2) is 9.47. The standard InChI is InChI=1S/C19H17Cl2FN4O3S2/c1-3-16(26(31(2,28)29)13-8-9-15(22)14(21)10-13)17(27)23-19-25-24-18(30-19)11-4-6-12(20)7-5-11/h4-10,16H,3H2,1-2H3,(H,23,25,27). The van der Waals surface area contributed by atoms with E-state index in [9.17, 15) is 17.6 Å². The molecule has 0 aliphatic rings. The van der Waals surface area contributed by atoms with Crippen molar-refractivity contribution < 1.29 is 17.6 Å². The molecule has 0 aliphatic heterocycles. The number of aromatic nitrogens is 2. The van der Waals surface area contributed by atoms with Gasteiger partial charge in [-0.25, -0.2) is 12.8 Å². The Morgan fingerprint density at radius 2 is 1.87 bits per heavy atom. The average molecular weight is 503 g/mol. The maximum atomic E-state index is 13.6. The van der Waals surface area contributed by atoms with Crippen LogP contribution in [-0.4, -0.2) is 36.8 Å². The van der Waals surface area contributed by atoms with Crippen molar-refractivity contribution in [2.75, 3.05) is 15.9 Å². The second-order valence-electron chi connectivity index (χ2n) is 6.49. The molecule has 7 nitrogen and oxygen atoms in total. The van der Waals surface area contributed by atoms with Gasteiger partial charge in [-0.05, 0) is 36.8 Å². The summed E-state index contributed by atoms with van der Waals surface area (Å²) in [6.07, 6.45) is 1.11. The quantitative estimate of drug-likeness (QED) is 0.499. The number of amides is 1. The minimum atomic E-state index is -3.89. The van der Waals surface area contributed by atoms with E-state index in [-0.39, 0.29) is 22.3 Å². The molecule has 3 rings (SSSR count). The zero-order chi connectivity index (χ0) is 22.8. The van der Waals surface area contributed by atoms with Crippen LogP contribution in [0, 0.1) is 5.82 Å². The number of benzene rings is 2. The van der Waals surface area contributed by atoms with Crippen molar-refractivity contribution in [3.63, 3.8) is 0 Å². The van der Waals surface area contributed by atoms with E-state index < -0.39 is 27.8 Å². The second-order valence-corrected chi connectivity index (χ2v) is 10.2. The van der Waals surface area contributed by atoms with Gasteiger partial charge in [0.1, 0.15) is 16.9 Å². The number of sulfonamides is 1. The number of nitrogens with one attached hydrogen (secondary N) is 1. The predicted molar refractivity (Wildman–Crippen MR) is 122 cm³/mol. The van der Waals surface area contributed by atoms with E-state index in [1.165, 1.54) is 6.07 Å². The molecule has 0 spiro atoms. The third-order valence-electron chi connectivity index (χ3n) is 4.23. The Kier molecular flexibility index (Phi) is 7.15. The van der Waals surface area contributed by atoms with E-state index in [4.69, 9.17) is 23.2 Å². The van der Waals surface area contributed by atoms with E-state index >= 15 is 0 Å². The topological polar surface area (TPSA) is 92.3 Å². The van der Waals surface area contributed by atoms with Gasteiger partial charge in [0.15, 0.2) is 0 Å². The number of rotatable bonds is 7. The van der Waals surface area contributed by atoms with Crippen molar-refractivity contribution >= 4 is 61.3 Å². The highest BCUT2D eigenvalue weighted by Crippen LogP contribution is 2.30. The molecule has 0 saturated heterocycles. The number of hydrogen-bond acceptors (Lipinski definition) is 6. The molecule has 1 atom stereocenters. The lowest BCUT2D eigenvalue weighted by Crippen LogP contribution is -2.47. The number of anilines is 2. The highest BCUT2D eigenvalue weighted by atomic mass is 35.5. The molecule has 164 valence electrons. The van der Waals surface area contributed by atoms with Crippen LogP contribution in [0.3, 0.4) is 0 Å². The Balaban J connectivity index is 1.87. The third-order valence-corrected chi connectivity index (χ3v) is 6.84. The smallest absolute Gasteiger partial charge is 0.250 e. The zero-order valence-corrected chi connectivity index (χ0v) is 19.5. The van der Waals surface area contributed by atoms with Gasteiger partial charge in [0.05, 0.1) is 17.0 Å². The largest absolute Gasteiger partial charge is 0.299 e. The van der Waals surface area contributed by atoms with Crippen LogP contribution >= 0.6 is 34.5 Å². The van der Waals surface area contributed by atoms with Gasteiger partial charge in [-0.2, -0.15) is 0 Å². The molecule has 1 unspecified atom stereocenters. The highest BCUT2D eigenvalue weighted by Gasteiger charge is 2.32. The third kappa shape index (κ3) is 5.51.